The highest BCUT2D eigenvalue weighted by atomic mass is 32.1. The second-order valence-corrected chi connectivity index (χ2v) is 7.71. The number of hydrogen-bond acceptors (Lipinski definition) is 4. The maximum Gasteiger partial charge on any atom is 0.239 e. The van der Waals surface area contributed by atoms with Gasteiger partial charge in [-0.2, -0.15) is 5.10 Å². The van der Waals surface area contributed by atoms with Gasteiger partial charge in [-0.05, 0) is 48.5 Å². The molecule has 1 amide bonds. The number of aromatic nitrogens is 2. The number of nitrogens with one attached hydrogen (secondary N) is 1. The van der Waals surface area contributed by atoms with Crippen LogP contribution < -0.4 is 5.32 Å². The topological polar surface area (TPSA) is 50.2 Å². The number of thiophene rings is 1. The van der Waals surface area contributed by atoms with E-state index >= 15 is 0 Å². The van der Waals surface area contributed by atoms with E-state index in [4.69, 9.17) is 0 Å². The Labute approximate surface area is 161 Å². The second kappa shape index (κ2) is 8.02. The van der Waals surface area contributed by atoms with Gasteiger partial charge in [0.15, 0.2) is 0 Å². The first-order chi connectivity index (χ1) is 13.2. The van der Waals surface area contributed by atoms with Gasteiger partial charge in [-0.15, -0.1) is 11.3 Å². The normalized spacial score (nSPS) is 17.3. The predicted molar refractivity (Wildman–Crippen MR) is 104 cm³/mol. The summed E-state index contributed by atoms with van der Waals surface area (Å²) in [4.78, 5) is 15.9. The Morgan fingerprint density at radius 2 is 2.11 bits per heavy atom. The zero-order valence-corrected chi connectivity index (χ0v) is 15.7. The van der Waals surface area contributed by atoms with Crippen LogP contribution >= 0.6 is 11.3 Å². The van der Waals surface area contributed by atoms with Crippen molar-refractivity contribution in [1.82, 2.24) is 14.7 Å². The van der Waals surface area contributed by atoms with E-state index in [1.165, 1.54) is 17.0 Å². The molecule has 3 heterocycles. The molecule has 4 rings (SSSR count). The van der Waals surface area contributed by atoms with Gasteiger partial charge in [-0.1, -0.05) is 18.2 Å². The van der Waals surface area contributed by atoms with Gasteiger partial charge >= 0.3 is 0 Å². The van der Waals surface area contributed by atoms with Crippen molar-refractivity contribution in [1.29, 1.82) is 0 Å². The molecule has 1 aliphatic rings. The number of carbonyl (C=O) groups is 1. The van der Waals surface area contributed by atoms with Crippen molar-refractivity contribution in [2.45, 2.75) is 25.4 Å². The van der Waals surface area contributed by atoms with E-state index in [0.717, 1.165) is 24.9 Å². The summed E-state index contributed by atoms with van der Waals surface area (Å²) in [7, 11) is 0. The average molecular weight is 384 g/mol. The molecule has 3 aromatic rings. The first-order valence-corrected chi connectivity index (χ1v) is 9.90. The molecule has 1 N–H and O–H groups in total. The monoisotopic (exact) mass is 384 g/mol. The smallest absolute Gasteiger partial charge is 0.239 e. The van der Waals surface area contributed by atoms with Crippen molar-refractivity contribution < 1.29 is 9.18 Å². The van der Waals surface area contributed by atoms with Crippen molar-refractivity contribution in [3.05, 3.63) is 70.3 Å². The molecule has 0 radical (unpaired) electrons. The fourth-order valence-electron chi connectivity index (χ4n) is 3.56. The molecule has 1 saturated heterocycles. The van der Waals surface area contributed by atoms with Crippen LogP contribution in [0.2, 0.25) is 0 Å². The van der Waals surface area contributed by atoms with Gasteiger partial charge in [0.1, 0.15) is 11.6 Å². The van der Waals surface area contributed by atoms with Crippen LogP contribution in [0.3, 0.4) is 0 Å². The van der Waals surface area contributed by atoms with E-state index < -0.39 is 0 Å². The van der Waals surface area contributed by atoms with Crippen molar-refractivity contribution in [2.24, 2.45) is 0 Å². The number of likely N-dealkylation sites (tertiary alicyclic amines) is 1. The van der Waals surface area contributed by atoms with Gasteiger partial charge in [-0.3, -0.25) is 9.69 Å². The van der Waals surface area contributed by atoms with E-state index in [0.29, 0.717) is 18.9 Å². The SMILES string of the molecule is O=C(CN1CCCC1c1ccc(F)cc1)Nc1ccnn1Cc1cccs1. The fourth-order valence-corrected chi connectivity index (χ4v) is 4.25. The number of halogens is 1. The third kappa shape index (κ3) is 4.26. The van der Waals surface area contributed by atoms with Gasteiger partial charge in [0.25, 0.3) is 0 Å². The lowest BCUT2D eigenvalue weighted by Crippen LogP contribution is -2.33. The van der Waals surface area contributed by atoms with Crippen molar-refractivity contribution in [3.63, 3.8) is 0 Å². The van der Waals surface area contributed by atoms with E-state index in [1.807, 2.05) is 29.6 Å². The third-order valence-electron chi connectivity index (χ3n) is 4.83. The summed E-state index contributed by atoms with van der Waals surface area (Å²) in [6.45, 7) is 1.82. The Morgan fingerprint density at radius 1 is 1.26 bits per heavy atom. The lowest BCUT2D eigenvalue weighted by Gasteiger charge is -2.24. The van der Waals surface area contributed by atoms with Crippen LogP contribution in [0.5, 0.6) is 0 Å². The first kappa shape index (κ1) is 17.9. The molecule has 1 unspecified atom stereocenters. The Kier molecular flexibility index (Phi) is 5.31. The minimum Gasteiger partial charge on any atom is -0.310 e. The van der Waals surface area contributed by atoms with Crippen LogP contribution in [-0.2, 0) is 11.3 Å². The Balaban J connectivity index is 1.39. The molecule has 7 heteroatoms. The molecule has 27 heavy (non-hydrogen) atoms. The zero-order valence-electron chi connectivity index (χ0n) is 14.8. The first-order valence-electron chi connectivity index (χ1n) is 9.02. The van der Waals surface area contributed by atoms with Crippen molar-refractivity contribution >= 4 is 23.1 Å². The van der Waals surface area contributed by atoms with Crippen LogP contribution in [0.25, 0.3) is 0 Å². The van der Waals surface area contributed by atoms with Gasteiger partial charge in [0.2, 0.25) is 5.91 Å². The highest BCUT2D eigenvalue weighted by molar-refractivity contribution is 7.09. The minimum absolute atomic E-state index is 0.0584. The van der Waals surface area contributed by atoms with Crippen LogP contribution in [-0.4, -0.2) is 33.7 Å². The molecule has 0 saturated carbocycles. The van der Waals surface area contributed by atoms with E-state index in [-0.39, 0.29) is 17.8 Å². The fraction of sp³-hybridized carbons (Fsp3) is 0.300. The maximum absolute atomic E-state index is 13.2. The number of rotatable bonds is 6. The number of nitrogens with zero attached hydrogens (tertiary/aromatic N) is 3. The molecular weight excluding hydrogens is 363 g/mol. The molecule has 1 atom stereocenters. The number of anilines is 1. The summed E-state index contributed by atoms with van der Waals surface area (Å²) in [6, 6.07) is 12.6. The molecule has 0 spiro atoms. The number of carbonyl (C=O) groups excluding carboxylic acids is 1. The summed E-state index contributed by atoms with van der Waals surface area (Å²) in [5.41, 5.74) is 1.06. The largest absolute Gasteiger partial charge is 0.310 e. The van der Waals surface area contributed by atoms with Crippen molar-refractivity contribution in [2.75, 3.05) is 18.4 Å². The highest BCUT2D eigenvalue weighted by Gasteiger charge is 2.27. The molecule has 0 bridgehead atoms. The third-order valence-corrected chi connectivity index (χ3v) is 5.70. The van der Waals surface area contributed by atoms with Gasteiger partial charge in [0, 0.05) is 17.0 Å². The zero-order chi connectivity index (χ0) is 18.6. The second-order valence-electron chi connectivity index (χ2n) is 6.68. The molecule has 5 nitrogen and oxygen atoms in total. The molecule has 1 fully saturated rings. The molecule has 1 aliphatic heterocycles. The van der Waals surface area contributed by atoms with E-state index in [9.17, 15) is 9.18 Å². The molecule has 140 valence electrons. The van der Waals surface area contributed by atoms with Crippen LogP contribution in [0.15, 0.2) is 54.0 Å². The number of amides is 1. The summed E-state index contributed by atoms with van der Waals surface area (Å²) < 4.78 is 15.0. The standard InChI is InChI=1S/C20H21FN4OS/c21-16-7-5-15(6-8-16)18-4-1-11-24(18)14-20(26)23-19-9-10-22-25(19)13-17-3-2-12-27-17/h2-3,5-10,12,18H,1,4,11,13-14H2,(H,23,26). The molecule has 0 aliphatic carbocycles. The number of benzene rings is 1. The minimum atomic E-state index is -0.236. The van der Waals surface area contributed by atoms with E-state index in [2.05, 4.69) is 21.4 Å². The summed E-state index contributed by atoms with van der Waals surface area (Å²) in [6.07, 6.45) is 3.71. The van der Waals surface area contributed by atoms with Gasteiger partial charge in [0.05, 0.1) is 19.3 Å². The molecule has 1 aromatic carbocycles. The average Bonchev–Trinajstić information content (AvgIpc) is 3.40. The highest BCUT2D eigenvalue weighted by Crippen LogP contribution is 2.31. The van der Waals surface area contributed by atoms with E-state index in [1.54, 1.807) is 22.2 Å². The summed E-state index contributed by atoms with van der Waals surface area (Å²) >= 11 is 1.67. The summed E-state index contributed by atoms with van der Waals surface area (Å²) in [5.74, 6) is 0.405. The van der Waals surface area contributed by atoms with Crippen LogP contribution in [0.1, 0.15) is 29.3 Å². The predicted octanol–water partition coefficient (Wildman–Crippen LogP) is 3.91. The quantitative estimate of drug-likeness (QED) is 0.701. The number of hydrogen-bond donors (Lipinski definition) is 1. The molecular formula is C20H21FN4OS. The Bertz CT molecular complexity index is 891. The maximum atomic E-state index is 13.2. The Morgan fingerprint density at radius 3 is 2.89 bits per heavy atom. The molecule has 2 aromatic heterocycles. The lowest BCUT2D eigenvalue weighted by molar-refractivity contribution is -0.117. The van der Waals surface area contributed by atoms with Crippen LogP contribution in [0, 0.1) is 5.82 Å². The van der Waals surface area contributed by atoms with Crippen LogP contribution in [0.4, 0.5) is 10.2 Å². The van der Waals surface area contributed by atoms with Gasteiger partial charge in [-0.25, -0.2) is 9.07 Å². The summed E-state index contributed by atoms with van der Waals surface area (Å²) in [5, 5.41) is 9.31. The Hall–Kier alpha value is -2.51. The van der Waals surface area contributed by atoms with Gasteiger partial charge < -0.3 is 5.32 Å². The lowest BCUT2D eigenvalue weighted by atomic mass is 10.0. The van der Waals surface area contributed by atoms with Crippen molar-refractivity contribution in [3.8, 4) is 0 Å².